The van der Waals surface area contributed by atoms with E-state index in [1.807, 2.05) is 20.8 Å². The minimum absolute atomic E-state index is 0.298. The number of aromatic nitrogens is 2. The molecule has 3 nitrogen and oxygen atoms in total. The van der Waals surface area contributed by atoms with Gasteiger partial charge in [-0.25, -0.2) is 4.39 Å². The summed E-state index contributed by atoms with van der Waals surface area (Å²) in [6, 6.07) is 4.50. The molecule has 0 spiro atoms. The van der Waals surface area contributed by atoms with Crippen LogP contribution in [0.1, 0.15) is 25.3 Å². The molecule has 2 rings (SSSR count). The van der Waals surface area contributed by atoms with Gasteiger partial charge in [0.05, 0.1) is 0 Å². The van der Waals surface area contributed by atoms with Gasteiger partial charge in [0.15, 0.2) is 0 Å². The third-order valence-electron chi connectivity index (χ3n) is 1.97. The van der Waals surface area contributed by atoms with Gasteiger partial charge in [0.25, 0.3) is 0 Å². The molecular weight excluding hydrogens is 207 g/mol. The van der Waals surface area contributed by atoms with E-state index >= 15 is 0 Å². The van der Waals surface area contributed by atoms with Crippen LogP contribution >= 0.6 is 0 Å². The van der Waals surface area contributed by atoms with Crippen molar-refractivity contribution in [3.05, 3.63) is 35.5 Å². The molecule has 0 saturated heterocycles. The standard InChI is InChI=1S/C10H9FN2O.C2H6/c1-6-3-4-8(11)5-9(6)10-12-7(2)14-13-10;1-2/h3-5H,1-2H3;1-2H3. The zero-order valence-corrected chi connectivity index (χ0v) is 9.91. The van der Waals surface area contributed by atoms with Gasteiger partial charge in [0.1, 0.15) is 5.82 Å². The van der Waals surface area contributed by atoms with Crippen molar-refractivity contribution in [1.29, 1.82) is 0 Å². The third kappa shape index (κ3) is 2.66. The van der Waals surface area contributed by atoms with Crippen LogP contribution < -0.4 is 0 Å². The Kier molecular flexibility index (Phi) is 4.17. The van der Waals surface area contributed by atoms with Crippen LogP contribution in [0, 0.1) is 19.7 Å². The summed E-state index contributed by atoms with van der Waals surface area (Å²) in [5, 5.41) is 3.74. The Morgan fingerprint density at radius 1 is 1.19 bits per heavy atom. The van der Waals surface area contributed by atoms with E-state index in [1.165, 1.54) is 12.1 Å². The zero-order chi connectivity index (χ0) is 12.1. The Balaban J connectivity index is 0.000000606. The number of rotatable bonds is 1. The molecule has 0 amide bonds. The van der Waals surface area contributed by atoms with E-state index in [0.29, 0.717) is 17.3 Å². The van der Waals surface area contributed by atoms with Crippen LogP contribution in [-0.2, 0) is 0 Å². The molecular formula is C12H15FN2O. The monoisotopic (exact) mass is 222 g/mol. The summed E-state index contributed by atoms with van der Waals surface area (Å²) >= 11 is 0. The first kappa shape index (κ1) is 12.4. The van der Waals surface area contributed by atoms with Crippen LogP contribution in [0.25, 0.3) is 11.4 Å². The molecule has 0 atom stereocenters. The highest BCUT2D eigenvalue weighted by Crippen LogP contribution is 2.21. The molecule has 0 aliphatic carbocycles. The molecule has 0 fully saturated rings. The van der Waals surface area contributed by atoms with E-state index in [1.54, 1.807) is 13.0 Å². The predicted molar refractivity (Wildman–Crippen MR) is 60.5 cm³/mol. The Morgan fingerprint density at radius 2 is 1.88 bits per heavy atom. The second-order valence-electron chi connectivity index (χ2n) is 3.10. The van der Waals surface area contributed by atoms with Crippen molar-refractivity contribution in [2.45, 2.75) is 27.7 Å². The van der Waals surface area contributed by atoms with E-state index < -0.39 is 0 Å². The second kappa shape index (κ2) is 5.39. The number of hydrogen-bond donors (Lipinski definition) is 0. The quantitative estimate of drug-likeness (QED) is 0.741. The van der Waals surface area contributed by atoms with Crippen molar-refractivity contribution >= 4 is 0 Å². The van der Waals surface area contributed by atoms with E-state index in [9.17, 15) is 4.39 Å². The minimum atomic E-state index is -0.298. The number of aryl methyl sites for hydroxylation is 2. The lowest BCUT2D eigenvalue weighted by atomic mass is 10.1. The van der Waals surface area contributed by atoms with E-state index in [-0.39, 0.29) is 5.82 Å². The largest absolute Gasteiger partial charge is 0.339 e. The van der Waals surface area contributed by atoms with E-state index in [0.717, 1.165) is 5.56 Å². The van der Waals surface area contributed by atoms with Gasteiger partial charge in [-0.1, -0.05) is 25.1 Å². The first-order valence-corrected chi connectivity index (χ1v) is 5.23. The van der Waals surface area contributed by atoms with Gasteiger partial charge in [-0.15, -0.1) is 0 Å². The number of hydrogen-bond acceptors (Lipinski definition) is 3. The van der Waals surface area contributed by atoms with Crippen LogP contribution in [0.15, 0.2) is 22.7 Å². The lowest BCUT2D eigenvalue weighted by molar-refractivity contribution is 0.394. The fraction of sp³-hybridized carbons (Fsp3) is 0.333. The van der Waals surface area contributed by atoms with Gasteiger partial charge in [0, 0.05) is 12.5 Å². The van der Waals surface area contributed by atoms with Crippen LogP contribution in [0.5, 0.6) is 0 Å². The summed E-state index contributed by atoms with van der Waals surface area (Å²) < 4.78 is 17.8. The summed E-state index contributed by atoms with van der Waals surface area (Å²) in [5.41, 5.74) is 1.59. The summed E-state index contributed by atoms with van der Waals surface area (Å²) in [5.74, 6) is 0.608. The molecule has 0 N–H and O–H groups in total. The summed E-state index contributed by atoms with van der Waals surface area (Å²) in [6.07, 6.45) is 0. The van der Waals surface area contributed by atoms with E-state index in [4.69, 9.17) is 4.52 Å². The van der Waals surface area contributed by atoms with Crippen molar-refractivity contribution in [2.24, 2.45) is 0 Å². The average molecular weight is 222 g/mol. The van der Waals surface area contributed by atoms with Crippen LogP contribution in [0.3, 0.4) is 0 Å². The van der Waals surface area contributed by atoms with Crippen LogP contribution in [-0.4, -0.2) is 10.1 Å². The fourth-order valence-electron chi connectivity index (χ4n) is 1.24. The maximum atomic E-state index is 13.0. The van der Waals surface area contributed by atoms with Crippen molar-refractivity contribution < 1.29 is 8.91 Å². The Labute approximate surface area is 94.3 Å². The molecule has 1 heterocycles. The zero-order valence-electron chi connectivity index (χ0n) is 9.91. The van der Waals surface area contributed by atoms with Gasteiger partial charge in [0.2, 0.25) is 11.7 Å². The first-order valence-electron chi connectivity index (χ1n) is 5.23. The van der Waals surface area contributed by atoms with Gasteiger partial charge >= 0.3 is 0 Å². The van der Waals surface area contributed by atoms with Crippen LogP contribution in [0.4, 0.5) is 4.39 Å². The Hall–Kier alpha value is -1.71. The van der Waals surface area contributed by atoms with Crippen molar-refractivity contribution in [2.75, 3.05) is 0 Å². The second-order valence-corrected chi connectivity index (χ2v) is 3.10. The molecule has 1 aromatic heterocycles. The summed E-state index contributed by atoms with van der Waals surface area (Å²) in [7, 11) is 0. The maximum absolute atomic E-state index is 13.0. The van der Waals surface area contributed by atoms with Crippen molar-refractivity contribution in [3.8, 4) is 11.4 Å². The van der Waals surface area contributed by atoms with Gasteiger partial charge in [-0.3, -0.25) is 0 Å². The SMILES string of the molecule is CC.Cc1nc(-c2cc(F)ccc2C)no1. The number of nitrogens with zero attached hydrogens (tertiary/aromatic N) is 2. The molecule has 16 heavy (non-hydrogen) atoms. The normalized spacial score (nSPS) is 9.56. The summed E-state index contributed by atoms with van der Waals surface area (Å²) in [6.45, 7) is 7.57. The van der Waals surface area contributed by atoms with Crippen LogP contribution in [0.2, 0.25) is 0 Å². The third-order valence-corrected chi connectivity index (χ3v) is 1.97. The van der Waals surface area contributed by atoms with Gasteiger partial charge < -0.3 is 4.52 Å². The van der Waals surface area contributed by atoms with E-state index in [2.05, 4.69) is 10.1 Å². The molecule has 0 aliphatic rings. The van der Waals surface area contributed by atoms with Crippen molar-refractivity contribution in [1.82, 2.24) is 10.1 Å². The molecule has 1 aromatic carbocycles. The molecule has 0 aliphatic heterocycles. The molecule has 0 radical (unpaired) electrons. The summed E-state index contributed by atoms with van der Waals surface area (Å²) in [4.78, 5) is 4.04. The highest BCUT2D eigenvalue weighted by molar-refractivity contribution is 5.59. The topological polar surface area (TPSA) is 38.9 Å². The van der Waals surface area contributed by atoms with Gasteiger partial charge in [-0.05, 0) is 24.6 Å². The minimum Gasteiger partial charge on any atom is -0.339 e. The Morgan fingerprint density at radius 3 is 2.44 bits per heavy atom. The highest BCUT2D eigenvalue weighted by Gasteiger charge is 2.09. The fourth-order valence-corrected chi connectivity index (χ4v) is 1.24. The smallest absolute Gasteiger partial charge is 0.223 e. The number of benzene rings is 1. The predicted octanol–water partition coefficient (Wildman–Crippen LogP) is 3.52. The lowest BCUT2D eigenvalue weighted by Crippen LogP contribution is -1.87. The lowest BCUT2D eigenvalue weighted by Gasteiger charge is -1.99. The van der Waals surface area contributed by atoms with Gasteiger partial charge in [-0.2, -0.15) is 4.98 Å². The number of halogens is 1. The molecule has 4 heteroatoms. The molecule has 0 bridgehead atoms. The molecule has 0 saturated carbocycles. The molecule has 2 aromatic rings. The Bertz CT molecular complexity index is 466. The highest BCUT2D eigenvalue weighted by atomic mass is 19.1. The maximum Gasteiger partial charge on any atom is 0.223 e. The first-order chi connectivity index (χ1) is 7.66. The molecule has 0 unspecified atom stereocenters. The average Bonchev–Trinajstić information content (AvgIpc) is 2.71. The molecule has 86 valence electrons. The van der Waals surface area contributed by atoms with Crippen molar-refractivity contribution in [3.63, 3.8) is 0 Å².